The van der Waals surface area contributed by atoms with Crippen molar-refractivity contribution in [3.63, 3.8) is 0 Å². The third kappa shape index (κ3) is 8.03. The molecule has 3 aromatic carbocycles. The summed E-state index contributed by atoms with van der Waals surface area (Å²) in [6.07, 6.45) is 0.933. The van der Waals surface area contributed by atoms with Crippen molar-refractivity contribution in [1.29, 1.82) is 0 Å². The van der Waals surface area contributed by atoms with E-state index in [0.29, 0.717) is 42.0 Å². The summed E-state index contributed by atoms with van der Waals surface area (Å²) in [5, 5.41) is 2.90. The number of para-hydroxylation sites is 1. The van der Waals surface area contributed by atoms with Crippen LogP contribution < -0.4 is 10.1 Å². The lowest BCUT2D eigenvalue weighted by atomic mass is 10.0. The number of carbonyl (C=O) groups is 4. The number of benzene rings is 3. The summed E-state index contributed by atoms with van der Waals surface area (Å²) in [5.74, 6) is 0.164. The van der Waals surface area contributed by atoms with Gasteiger partial charge >= 0.3 is 0 Å². The van der Waals surface area contributed by atoms with Gasteiger partial charge in [-0.25, -0.2) is 0 Å². The number of nitrogens with one attached hydrogen (secondary N) is 1. The summed E-state index contributed by atoms with van der Waals surface area (Å²) in [5.41, 5.74) is 0.894. The second-order valence-electron chi connectivity index (χ2n) is 10.8. The molecular weight excluding hydrogens is 518 g/mol. The first kappa shape index (κ1) is 29.5. The molecule has 0 radical (unpaired) electrons. The Bertz CT molecular complexity index is 1360. The van der Waals surface area contributed by atoms with E-state index >= 15 is 0 Å². The number of ketones is 1. The molecule has 1 aliphatic heterocycles. The zero-order valence-electron chi connectivity index (χ0n) is 23.8. The molecule has 3 amide bonds. The predicted molar refractivity (Wildman–Crippen MR) is 157 cm³/mol. The van der Waals surface area contributed by atoms with Gasteiger partial charge in [-0.15, -0.1) is 0 Å². The van der Waals surface area contributed by atoms with E-state index in [0.717, 1.165) is 0 Å². The molecule has 8 heteroatoms. The van der Waals surface area contributed by atoms with E-state index in [2.05, 4.69) is 5.32 Å². The van der Waals surface area contributed by atoms with Crippen molar-refractivity contribution in [3.05, 3.63) is 96.1 Å². The molecule has 1 aliphatic rings. The lowest BCUT2D eigenvalue weighted by Crippen LogP contribution is -2.54. The molecule has 1 fully saturated rings. The largest absolute Gasteiger partial charge is 0.457 e. The van der Waals surface area contributed by atoms with Crippen LogP contribution in [-0.2, 0) is 9.59 Å². The van der Waals surface area contributed by atoms with Gasteiger partial charge in [0.1, 0.15) is 17.5 Å². The molecule has 0 bridgehead atoms. The molecule has 3 aromatic rings. The Morgan fingerprint density at radius 3 is 2.20 bits per heavy atom. The second kappa shape index (κ2) is 13.7. The molecule has 41 heavy (non-hydrogen) atoms. The van der Waals surface area contributed by atoms with Gasteiger partial charge in [0, 0.05) is 23.7 Å². The van der Waals surface area contributed by atoms with Crippen molar-refractivity contribution in [1.82, 2.24) is 15.1 Å². The minimum Gasteiger partial charge on any atom is -0.457 e. The molecule has 0 aromatic heterocycles. The fourth-order valence-electron chi connectivity index (χ4n) is 4.87. The molecule has 1 saturated heterocycles. The molecule has 4 rings (SSSR count). The average molecular weight is 556 g/mol. The minimum absolute atomic E-state index is 0.0753. The Morgan fingerprint density at radius 1 is 0.878 bits per heavy atom. The number of hydrogen-bond acceptors (Lipinski definition) is 5. The number of amides is 3. The monoisotopic (exact) mass is 555 g/mol. The van der Waals surface area contributed by atoms with E-state index in [4.69, 9.17) is 4.74 Å². The molecule has 1 unspecified atom stereocenters. The van der Waals surface area contributed by atoms with Crippen LogP contribution in [0, 0.1) is 5.92 Å². The highest BCUT2D eigenvalue weighted by Crippen LogP contribution is 2.22. The van der Waals surface area contributed by atoms with Crippen LogP contribution in [-0.4, -0.2) is 65.0 Å². The summed E-state index contributed by atoms with van der Waals surface area (Å²) in [7, 11) is 0. The van der Waals surface area contributed by atoms with Gasteiger partial charge in [-0.05, 0) is 68.1 Å². The fourth-order valence-corrected chi connectivity index (χ4v) is 4.87. The Morgan fingerprint density at radius 2 is 1.51 bits per heavy atom. The number of Topliss-reactive ketones (excluding diaryl/α,β-unsaturated/α-hetero) is 1. The first-order valence-electron chi connectivity index (χ1n) is 14.0. The highest BCUT2D eigenvalue weighted by atomic mass is 16.5. The number of rotatable bonds is 8. The van der Waals surface area contributed by atoms with E-state index in [-0.39, 0.29) is 42.6 Å². The maximum absolute atomic E-state index is 13.7. The first-order valence-corrected chi connectivity index (χ1v) is 14.0. The van der Waals surface area contributed by atoms with E-state index in [1.807, 2.05) is 57.2 Å². The number of ether oxygens (including phenoxy) is 1. The van der Waals surface area contributed by atoms with Gasteiger partial charge in [-0.3, -0.25) is 19.2 Å². The normalized spacial score (nSPS) is 16.5. The SMILES string of the molecule is CC(C)CC(NC(=O)c1cccc(Oc2ccccc2)c1)C(=O)N1CC[C@H](C)N(C(=O)c2ccccc2)CC(=O)C1. The van der Waals surface area contributed by atoms with Crippen molar-refractivity contribution in [2.24, 2.45) is 5.92 Å². The van der Waals surface area contributed by atoms with Crippen molar-refractivity contribution < 1.29 is 23.9 Å². The third-order valence-corrected chi connectivity index (χ3v) is 7.04. The fraction of sp³-hybridized carbons (Fsp3) is 0.333. The van der Waals surface area contributed by atoms with E-state index in [9.17, 15) is 19.2 Å². The maximum atomic E-state index is 13.7. The number of hydrogen-bond donors (Lipinski definition) is 1. The smallest absolute Gasteiger partial charge is 0.254 e. The summed E-state index contributed by atoms with van der Waals surface area (Å²) >= 11 is 0. The van der Waals surface area contributed by atoms with E-state index < -0.39 is 11.9 Å². The summed E-state index contributed by atoms with van der Waals surface area (Å²) in [6, 6.07) is 23.9. The van der Waals surface area contributed by atoms with Gasteiger partial charge in [0.25, 0.3) is 11.8 Å². The van der Waals surface area contributed by atoms with Crippen molar-refractivity contribution in [2.45, 2.75) is 45.7 Å². The average Bonchev–Trinajstić information content (AvgIpc) is 2.97. The van der Waals surface area contributed by atoms with Crippen molar-refractivity contribution in [3.8, 4) is 11.5 Å². The van der Waals surface area contributed by atoms with Crippen LogP contribution in [0.5, 0.6) is 11.5 Å². The van der Waals surface area contributed by atoms with Crippen LogP contribution in [0.1, 0.15) is 54.3 Å². The van der Waals surface area contributed by atoms with Gasteiger partial charge < -0.3 is 19.9 Å². The summed E-state index contributed by atoms with van der Waals surface area (Å²) < 4.78 is 5.86. The van der Waals surface area contributed by atoms with Crippen LogP contribution in [0.25, 0.3) is 0 Å². The summed E-state index contributed by atoms with van der Waals surface area (Å²) in [6.45, 7) is 5.96. The molecule has 1 N–H and O–H groups in total. The van der Waals surface area contributed by atoms with Crippen LogP contribution >= 0.6 is 0 Å². The molecule has 1 heterocycles. The van der Waals surface area contributed by atoms with Gasteiger partial charge in [-0.1, -0.05) is 56.3 Å². The maximum Gasteiger partial charge on any atom is 0.254 e. The first-order chi connectivity index (χ1) is 19.7. The lowest BCUT2D eigenvalue weighted by molar-refractivity contribution is -0.138. The third-order valence-electron chi connectivity index (χ3n) is 7.04. The molecule has 8 nitrogen and oxygen atoms in total. The standard InChI is InChI=1S/C33H37N3O5/c1-23(2)19-30(34-31(38)26-13-10-16-29(20-26)41-28-14-8-5-9-15-28)33(40)35-18-17-24(3)36(22-27(37)21-35)32(39)25-11-6-4-7-12-25/h4-16,20,23-24,30H,17-19,21-22H2,1-3H3,(H,34,38)/t24-,30?/m0/s1. The number of carbonyl (C=O) groups excluding carboxylic acids is 4. The van der Waals surface area contributed by atoms with Crippen LogP contribution in [0.15, 0.2) is 84.9 Å². The van der Waals surface area contributed by atoms with Crippen LogP contribution in [0.2, 0.25) is 0 Å². The van der Waals surface area contributed by atoms with Crippen LogP contribution in [0.4, 0.5) is 0 Å². The zero-order chi connectivity index (χ0) is 29.4. The second-order valence-corrected chi connectivity index (χ2v) is 10.8. The molecule has 214 valence electrons. The van der Waals surface area contributed by atoms with Gasteiger partial charge in [0.15, 0.2) is 5.78 Å². The Kier molecular flexibility index (Phi) is 9.90. The molecular formula is C33H37N3O5. The zero-order valence-corrected chi connectivity index (χ0v) is 23.8. The molecule has 0 spiro atoms. The lowest BCUT2D eigenvalue weighted by Gasteiger charge is -2.36. The topological polar surface area (TPSA) is 96.0 Å². The van der Waals surface area contributed by atoms with Gasteiger partial charge in [-0.2, -0.15) is 0 Å². The van der Waals surface area contributed by atoms with Gasteiger partial charge in [0.05, 0.1) is 13.1 Å². The molecule has 0 saturated carbocycles. The predicted octanol–water partition coefficient (Wildman–Crippen LogP) is 4.96. The molecule has 0 aliphatic carbocycles. The van der Waals surface area contributed by atoms with Crippen LogP contribution in [0.3, 0.4) is 0 Å². The minimum atomic E-state index is -0.800. The quantitative estimate of drug-likeness (QED) is 0.424. The highest BCUT2D eigenvalue weighted by molar-refractivity contribution is 6.00. The van der Waals surface area contributed by atoms with Gasteiger partial charge in [0.2, 0.25) is 5.91 Å². The molecule has 2 atom stereocenters. The summed E-state index contributed by atoms with van der Waals surface area (Å²) in [4.78, 5) is 56.2. The Hall–Kier alpha value is -4.46. The van der Waals surface area contributed by atoms with E-state index in [1.165, 1.54) is 4.90 Å². The van der Waals surface area contributed by atoms with Crippen molar-refractivity contribution in [2.75, 3.05) is 19.6 Å². The van der Waals surface area contributed by atoms with E-state index in [1.54, 1.807) is 53.4 Å². The Balaban J connectivity index is 1.44. The Labute approximate surface area is 241 Å². The number of nitrogens with zero attached hydrogens (tertiary/aromatic N) is 2. The highest BCUT2D eigenvalue weighted by Gasteiger charge is 2.33. The van der Waals surface area contributed by atoms with Crippen molar-refractivity contribution >= 4 is 23.5 Å².